The van der Waals surface area contributed by atoms with Crippen molar-refractivity contribution in [2.24, 2.45) is 5.92 Å². The molecule has 1 rings (SSSR count). The quantitative estimate of drug-likeness (QED) is 0.792. The van der Waals surface area contributed by atoms with Crippen molar-refractivity contribution in [3.63, 3.8) is 0 Å². The molecule has 0 saturated carbocycles. The summed E-state index contributed by atoms with van der Waals surface area (Å²) in [5.41, 5.74) is 1.10. The molecule has 0 aliphatic rings. The number of rotatable bonds is 5. The van der Waals surface area contributed by atoms with Gasteiger partial charge in [0.15, 0.2) is 0 Å². The number of allylic oxidation sites excluding steroid dienone is 1. The van der Waals surface area contributed by atoms with E-state index in [1.54, 1.807) is 20.8 Å². The molecule has 132 valence electrons. The SMILES string of the molecule is CCC(=C(C#N)C#N)[C@@H](C)[C@@H](NC(=O)OC(C)(C)C)c1ccccc1. The third-order valence-electron chi connectivity index (χ3n) is 3.81. The minimum Gasteiger partial charge on any atom is -0.444 e. The third-order valence-corrected chi connectivity index (χ3v) is 3.81. The summed E-state index contributed by atoms with van der Waals surface area (Å²) in [6, 6.07) is 13.0. The molecular weight excluding hydrogens is 314 g/mol. The van der Waals surface area contributed by atoms with Crippen molar-refractivity contribution in [3.8, 4) is 12.1 Å². The molecule has 5 heteroatoms. The van der Waals surface area contributed by atoms with E-state index in [1.807, 2.05) is 56.3 Å². The van der Waals surface area contributed by atoms with Crippen LogP contribution in [0, 0.1) is 28.6 Å². The smallest absolute Gasteiger partial charge is 0.408 e. The average Bonchev–Trinajstić information content (AvgIpc) is 2.56. The minimum atomic E-state index is -0.609. The fourth-order valence-corrected chi connectivity index (χ4v) is 2.69. The minimum absolute atomic E-state index is 0.0990. The standard InChI is InChI=1S/C20H25N3O2/c1-6-17(16(12-21)13-22)14(2)18(15-10-8-7-9-11-15)23-19(24)25-20(3,4)5/h7-11,14,18H,6H2,1-5H3,(H,23,24)/t14-,18-/m1/s1. The number of benzene rings is 1. The Morgan fingerprint density at radius 2 is 1.76 bits per heavy atom. The Labute approximate surface area is 149 Å². The van der Waals surface area contributed by atoms with E-state index in [-0.39, 0.29) is 11.5 Å². The Hall–Kier alpha value is -2.79. The molecule has 5 nitrogen and oxygen atoms in total. The van der Waals surface area contributed by atoms with Crippen LogP contribution < -0.4 is 5.32 Å². The molecule has 1 aromatic carbocycles. The van der Waals surface area contributed by atoms with Gasteiger partial charge in [0, 0.05) is 5.92 Å². The zero-order valence-corrected chi connectivity index (χ0v) is 15.5. The van der Waals surface area contributed by atoms with E-state index in [0.29, 0.717) is 6.42 Å². The second kappa shape index (κ2) is 8.89. The van der Waals surface area contributed by atoms with Gasteiger partial charge in [0.05, 0.1) is 6.04 Å². The highest BCUT2D eigenvalue weighted by Crippen LogP contribution is 2.31. The molecule has 1 aromatic rings. The molecule has 25 heavy (non-hydrogen) atoms. The first-order valence-electron chi connectivity index (χ1n) is 8.31. The summed E-state index contributed by atoms with van der Waals surface area (Å²) in [6.07, 6.45) is 0.0239. The van der Waals surface area contributed by atoms with Gasteiger partial charge in [-0.15, -0.1) is 0 Å². The van der Waals surface area contributed by atoms with Gasteiger partial charge in [-0.05, 0) is 38.3 Å². The Bertz CT molecular complexity index is 687. The Morgan fingerprint density at radius 3 is 2.20 bits per heavy atom. The molecule has 0 bridgehead atoms. The molecule has 2 atom stereocenters. The molecular formula is C20H25N3O2. The second-order valence-electron chi connectivity index (χ2n) is 6.80. The van der Waals surface area contributed by atoms with Crippen molar-refractivity contribution in [3.05, 3.63) is 47.0 Å². The number of nitriles is 2. The first-order chi connectivity index (χ1) is 11.7. The van der Waals surface area contributed by atoms with Crippen LogP contribution in [0.3, 0.4) is 0 Å². The first-order valence-corrected chi connectivity index (χ1v) is 8.31. The lowest BCUT2D eigenvalue weighted by Gasteiger charge is -2.29. The molecule has 0 spiro atoms. The lowest BCUT2D eigenvalue weighted by molar-refractivity contribution is 0.0491. The molecule has 1 amide bonds. The van der Waals surface area contributed by atoms with Crippen LogP contribution in [0.25, 0.3) is 0 Å². The van der Waals surface area contributed by atoms with Crippen LogP contribution in [-0.2, 0) is 4.74 Å². The first kappa shape index (κ1) is 20.3. The second-order valence-corrected chi connectivity index (χ2v) is 6.80. The number of nitrogens with zero attached hydrogens (tertiary/aromatic N) is 2. The molecule has 0 unspecified atom stereocenters. The zero-order chi connectivity index (χ0) is 19.0. The van der Waals surface area contributed by atoms with Gasteiger partial charge in [-0.1, -0.05) is 44.2 Å². The van der Waals surface area contributed by atoms with E-state index in [1.165, 1.54) is 0 Å². The van der Waals surface area contributed by atoms with Gasteiger partial charge in [-0.25, -0.2) is 4.79 Å². The fraction of sp³-hybridized carbons (Fsp3) is 0.450. The molecule has 0 aromatic heterocycles. The van der Waals surface area contributed by atoms with Crippen molar-refractivity contribution in [1.29, 1.82) is 10.5 Å². The van der Waals surface area contributed by atoms with E-state index in [0.717, 1.165) is 11.1 Å². The average molecular weight is 339 g/mol. The van der Waals surface area contributed by atoms with Crippen LogP contribution in [0.15, 0.2) is 41.5 Å². The fourth-order valence-electron chi connectivity index (χ4n) is 2.69. The zero-order valence-electron chi connectivity index (χ0n) is 15.5. The summed E-state index contributed by atoms with van der Waals surface area (Å²) < 4.78 is 5.37. The molecule has 0 fully saturated rings. The molecule has 0 radical (unpaired) electrons. The predicted molar refractivity (Wildman–Crippen MR) is 96.3 cm³/mol. The van der Waals surface area contributed by atoms with Crippen molar-refractivity contribution < 1.29 is 9.53 Å². The normalized spacial score (nSPS) is 12.9. The number of carbonyl (C=O) groups is 1. The van der Waals surface area contributed by atoms with Gasteiger partial charge < -0.3 is 10.1 Å². The van der Waals surface area contributed by atoms with Crippen LogP contribution in [-0.4, -0.2) is 11.7 Å². The maximum atomic E-state index is 12.3. The number of carbonyl (C=O) groups excluding carboxylic acids is 1. The van der Waals surface area contributed by atoms with Gasteiger partial charge in [0.2, 0.25) is 0 Å². The largest absolute Gasteiger partial charge is 0.444 e. The van der Waals surface area contributed by atoms with Crippen LogP contribution >= 0.6 is 0 Å². The van der Waals surface area contributed by atoms with Gasteiger partial charge in [0.25, 0.3) is 0 Å². The van der Waals surface area contributed by atoms with E-state index < -0.39 is 17.7 Å². The number of ether oxygens (including phenoxy) is 1. The molecule has 0 saturated heterocycles. The topological polar surface area (TPSA) is 85.9 Å². The van der Waals surface area contributed by atoms with Gasteiger partial charge in [-0.2, -0.15) is 10.5 Å². The predicted octanol–water partition coefficient (Wildman–Crippen LogP) is 4.64. The highest BCUT2D eigenvalue weighted by atomic mass is 16.6. The summed E-state index contributed by atoms with van der Waals surface area (Å²) in [6.45, 7) is 9.20. The van der Waals surface area contributed by atoms with E-state index >= 15 is 0 Å². The van der Waals surface area contributed by atoms with Crippen LogP contribution in [0.2, 0.25) is 0 Å². The Balaban J connectivity index is 3.24. The lowest BCUT2D eigenvalue weighted by atomic mass is 9.85. The summed E-state index contributed by atoms with van der Waals surface area (Å²) in [4.78, 5) is 12.3. The van der Waals surface area contributed by atoms with Gasteiger partial charge >= 0.3 is 6.09 Å². The third kappa shape index (κ3) is 5.97. The lowest BCUT2D eigenvalue weighted by Crippen LogP contribution is -2.37. The molecule has 1 N–H and O–H groups in total. The van der Waals surface area contributed by atoms with Crippen LogP contribution in [0.4, 0.5) is 4.79 Å². The highest BCUT2D eigenvalue weighted by Gasteiger charge is 2.27. The van der Waals surface area contributed by atoms with E-state index in [9.17, 15) is 15.3 Å². The highest BCUT2D eigenvalue weighted by molar-refractivity contribution is 5.68. The number of hydrogen-bond acceptors (Lipinski definition) is 4. The van der Waals surface area contributed by atoms with Crippen molar-refractivity contribution >= 4 is 6.09 Å². The maximum Gasteiger partial charge on any atom is 0.408 e. The monoisotopic (exact) mass is 339 g/mol. The Kier molecular flexibility index (Phi) is 7.21. The number of alkyl carbamates (subject to hydrolysis) is 1. The van der Waals surface area contributed by atoms with Crippen molar-refractivity contribution in [2.75, 3.05) is 0 Å². The summed E-state index contributed by atoms with van der Waals surface area (Å²) >= 11 is 0. The van der Waals surface area contributed by atoms with Crippen LogP contribution in [0.1, 0.15) is 52.6 Å². The number of hydrogen-bond donors (Lipinski definition) is 1. The van der Waals surface area contributed by atoms with E-state index in [2.05, 4.69) is 5.32 Å². The molecule has 0 aliphatic carbocycles. The summed E-state index contributed by atoms with van der Waals surface area (Å²) in [7, 11) is 0. The maximum absolute atomic E-state index is 12.3. The summed E-state index contributed by atoms with van der Waals surface area (Å²) in [5, 5.41) is 21.3. The van der Waals surface area contributed by atoms with Crippen LogP contribution in [0.5, 0.6) is 0 Å². The van der Waals surface area contributed by atoms with Crippen molar-refractivity contribution in [2.45, 2.75) is 52.7 Å². The van der Waals surface area contributed by atoms with Crippen molar-refractivity contribution in [1.82, 2.24) is 5.32 Å². The van der Waals surface area contributed by atoms with E-state index in [4.69, 9.17) is 4.74 Å². The van der Waals surface area contributed by atoms with Gasteiger partial charge in [0.1, 0.15) is 23.3 Å². The molecule has 0 aliphatic heterocycles. The van der Waals surface area contributed by atoms with Gasteiger partial charge in [-0.3, -0.25) is 0 Å². The number of amides is 1. The summed E-state index contributed by atoms with van der Waals surface area (Å²) in [5.74, 6) is -0.228. The number of nitrogens with one attached hydrogen (secondary N) is 1. The molecule has 0 heterocycles. The Morgan fingerprint density at radius 1 is 1.20 bits per heavy atom.